The maximum Gasteiger partial charge on any atom is -0.00741 e. The maximum absolute atomic E-state index is 5.61. The summed E-state index contributed by atoms with van der Waals surface area (Å²) in [5.74, 6) is 0. The van der Waals surface area contributed by atoms with E-state index >= 15 is 0 Å². The number of benzene rings is 3. The molecule has 0 heterocycles. The molecule has 0 atom stereocenters. The molecular weight excluding hydrogens is 218 g/mol. The average molecular weight is 235 g/mol. The van der Waals surface area contributed by atoms with E-state index in [4.69, 9.17) is 5.73 Å². The van der Waals surface area contributed by atoms with Gasteiger partial charge in [0.15, 0.2) is 0 Å². The third-order valence-electron chi connectivity index (χ3n) is 3.53. The van der Waals surface area contributed by atoms with Crippen LogP contribution in [0.1, 0.15) is 12.0 Å². The molecule has 1 heteroatoms. The Kier molecular flexibility index (Phi) is 2.99. The molecule has 1 nitrogen and oxygen atoms in total. The zero-order valence-corrected chi connectivity index (χ0v) is 10.4. The number of aryl methyl sites for hydroxylation is 1. The standard InChI is InChI=1S/C17H17N/c18-12-4-7-13-6-3-9-17-15-8-2-1-5-14(15)10-11-16(13)17/h1-3,5-6,8-11H,4,7,12,18H2. The van der Waals surface area contributed by atoms with Gasteiger partial charge in [0.2, 0.25) is 0 Å². The molecule has 90 valence electrons. The smallest absolute Gasteiger partial charge is 0.00741 e. The molecule has 0 aliphatic carbocycles. The van der Waals surface area contributed by atoms with Crippen LogP contribution in [0.2, 0.25) is 0 Å². The van der Waals surface area contributed by atoms with E-state index in [0.717, 1.165) is 19.4 Å². The Morgan fingerprint density at radius 1 is 0.722 bits per heavy atom. The van der Waals surface area contributed by atoms with E-state index in [1.807, 2.05) is 0 Å². The summed E-state index contributed by atoms with van der Waals surface area (Å²) in [7, 11) is 0. The van der Waals surface area contributed by atoms with Crippen molar-refractivity contribution in [2.75, 3.05) is 6.54 Å². The number of rotatable bonds is 3. The number of hydrogen-bond acceptors (Lipinski definition) is 1. The molecule has 0 saturated heterocycles. The second kappa shape index (κ2) is 4.79. The lowest BCUT2D eigenvalue weighted by Gasteiger charge is -2.08. The normalized spacial score (nSPS) is 11.2. The summed E-state index contributed by atoms with van der Waals surface area (Å²) >= 11 is 0. The van der Waals surface area contributed by atoms with Gasteiger partial charge in [-0.15, -0.1) is 0 Å². The molecule has 0 radical (unpaired) electrons. The van der Waals surface area contributed by atoms with Crippen molar-refractivity contribution in [2.45, 2.75) is 12.8 Å². The molecule has 18 heavy (non-hydrogen) atoms. The number of fused-ring (bicyclic) bond motifs is 3. The summed E-state index contributed by atoms with van der Waals surface area (Å²) in [6, 6.07) is 19.6. The van der Waals surface area contributed by atoms with Gasteiger partial charge in [0.05, 0.1) is 0 Å². The third kappa shape index (κ3) is 1.87. The van der Waals surface area contributed by atoms with Gasteiger partial charge in [0, 0.05) is 0 Å². The molecule has 0 unspecified atom stereocenters. The highest BCUT2D eigenvalue weighted by molar-refractivity contribution is 6.08. The summed E-state index contributed by atoms with van der Waals surface area (Å²) in [6.45, 7) is 0.754. The van der Waals surface area contributed by atoms with Crippen LogP contribution in [0, 0.1) is 0 Å². The number of nitrogens with two attached hydrogens (primary N) is 1. The molecule has 0 aromatic heterocycles. The molecule has 0 fully saturated rings. The SMILES string of the molecule is NCCCc1cccc2c1ccc1ccccc12. The van der Waals surface area contributed by atoms with E-state index in [1.54, 1.807) is 0 Å². The first-order chi connectivity index (χ1) is 8.90. The van der Waals surface area contributed by atoms with Crippen molar-refractivity contribution in [3.8, 4) is 0 Å². The molecule has 0 aliphatic rings. The zero-order valence-electron chi connectivity index (χ0n) is 10.4. The Hall–Kier alpha value is -1.86. The predicted octanol–water partition coefficient (Wildman–Crippen LogP) is 3.88. The Morgan fingerprint density at radius 2 is 1.56 bits per heavy atom. The van der Waals surface area contributed by atoms with Crippen molar-refractivity contribution >= 4 is 21.5 Å². The quantitative estimate of drug-likeness (QED) is 0.685. The molecule has 0 spiro atoms. The van der Waals surface area contributed by atoms with Crippen molar-refractivity contribution in [3.05, 3.63) is 60.2 Å². The van der Waals surface area contributed by atoms with Gasteiger partial charge in [-0.2, -0.15) is 0 Å². The largest absolute Gasteiger partial charge is 0.330 e. The predicted molar refractivity (Wildman–Crippen MR) is 78.8 cm³/mol. The lowest BCUT2D eigenvalue weighted by molar-refractivity contribution is 0.837. The van der Waals surface area contributed by atoms with Crippen LogP contribution in [0.25, 0.3) is 21.5 Å². The average Bonchev–Trinajstić information content (AvgIpc) is 2.44. The second-order valence-electron chi connectivity index (χ2n) is 4.69. The maximum atomic E-state index is 5.61. The molecule has 3 aromatic carbocycles. The van der Waals surface area contributed by atoms with E-state index in [-0.39, 0.29) is 0 Å². The van der Waals surface area contributed by atoms with Gasteiger partial charge in [-0.05, 0) is 46.5 Å². The van der Waals surface area contributed by atoms with Gasteiger partial charge in [0.1, 0.15) is 0 Å². The van der Waals surface area contributed by atoms with E-state index in [1.165, 1.54) is 27.1 Å². The molecule has 3 rings (SSSR count). The van der Waals surface area contributed by atoms with Crippen LogP contribution >= 0.6 is 0 Å². The molecule has 3 aromatic rings. The van der Waals surface area contributed by atoms with Gasteiger partial charge in [-0.25, -0.2) is 0 Å². The highest BCUT2D eigenvalue weighted by atomic mass is 14.5. The molecule has 0 aliphatic heterocycles. The van der Waals surface area contributed by atoms with Crippen LogP contribution in [-0.4, -0.2) is 6.54 Å². The lowest BCUT2D eigenvalue weighted by Crippen LogP contribution is -2.00. The lowest BCUT2D eigenvalue weighted by atomic mass is 9.96. The van der Waals surface area contributed by atoms with Crippen LogP contribution in [0.3, 0.4) is 0 Å². The van der Waals surface area contributed by atoms with Crippen molar-refractivity contribution in [3.63, 3.8) is 0 Å². The first-order valence-corrected chi connectivity index (χ1v) is 6.49. The first kappa shape index (κ1) is 11.2. The Labute approximate surface area is 107 Å². The first-order valence-electron chi connectivity index (χ1n) is 6.49. The van der Waals surface area contributed by atoms with Crippen LogP contribution < -0.4 is 5.73 Å². The minimum absolute atomic E-state index is 0.754. The Morgan fingerprint density at radius 3 is 2.44 bits per heavy atom. The zero-order chi connectivity index (χ0) is 12.4. The topological polar surface area (TPSA) is 26.0 Å². The van der Waals surface area contributed by atoms with Gasteiger partial charge >= 0.3 is 0 Å². The molecule has 2 N–H and O–H groups in total. The fourth-order valence-corrected chi connectivity index (χ4v) is 2.62. The van der Waals surface area contributed by atoms with Crippen molar-refractivity contribution in [1.82, 2.24) is 0 Å². The highest BCUT2D eigenvalue weighted by Crippen LogP contribution is 2.27. The van der Waals surface area contributed by atoms with Gasteiger partial charge in [-0.1, -0.05) is 54.6 Å². The summed E-state index contributed by atoms with van der Waals surface area (Å²) in [6.07, 6.45) is 2.11. The summed E-state index contributed by atoms with van der Waals surface area (Å²) in [4.78, 5) is 0. The van der Waals surface area contributed by atoms with Crippen LogP contribution in [0.4, 0.5) is 0 Å². The molecule has 0 bridgehead atoms. The minimum atomic E-state index is 0.754. The fourth-order valence-electron chi connectivity index (χ4n) is 2.62. The minimum Gasteiger partial charge on any atom is -0.330 e. The van der Waals surface area contributed by atoms with E-state index in [9.17, 15) is 0 Å². The molecule has 0 amide bonds. The monoisotopic (exact) mass is 235 g/mol. The van der Waals surface area contributed by atoms with Gasteiger partial charge in [-0.3, -0.25) is 0 Å². The summed E-state index contributed by atoms with van der Waals surface area (Å²) in [5, 5.41) is 5.36. The van der Waals surface area contributed by atoms with Crippen molar-refractivity contribution < 1.29 is 0 Å². The van der Waals surface area contributed by atoms with E-state index < -0.39 is 0 Å². The van der Waals surface area contributed by atoms with Crippen molar-refractivity contribution in [2.24, 2.45) is 5.73 Å². The number of hydrogen-bond donors (Lipinski definition) is 1. The van der Waals surface area contributed by atoms with Crippen LogP contribution in [0.5, 0.6) is 0 Å². The molecular formula is C17H17N. The fraction of sp³-hybridized carbons (Fsp3) is 0.176. The van der Waals surface area contributed by atoms with Gasteiger partial charge < -0.3 is 5.73 Å². The van der Waals surface area contributed by atoms with E-state index in [2.05, 4.69) is 54.6 Å². The van der Waals surface area contributed by atoms with Crippen LogP contribution in [-0.2, 0) is 6.42 Å². The Bertz CT molecular complexity index is 685. The van der Waals surface area contributed by atoms with E-state index in [0.29, 0.717) is 0 Å². The van der Waals surface area contributed by atoms with Crippen molar-refractivity contribution in [1.29, 1.82) is 0 Å². The highest BCUT2D eigenvalue weighted by Gasteiger charge is 2.03. The second-order valence-corrected chi connectivity index (χ2v) is 4.69. The third-order valence-corrected chi connectivity index (χ3v) is 3.53. The van der Waals surface area contributed by atoms with Crippen LogP contribution in [0.15, 0.2) is 54.6 Å². The summed E-state index contributed by atoms with van der Waals surface area (Å²) in [5.41, 5.74) is 7.02. The summed E-state index contributed by atoms with van der Waals surface area (Å²) < 4.78 is 0. The molecule has 0 saturated carbocycles. The Balaban J connectivity index is 2.26. The van der Waals surface area contributed by atoms with Gasteiger partial charge in [0.25, 0.3) is 0 Å².